The Morgan fingerprint density at radius 2 is 1.91 bits per heavy atom. The van der Waals surface area contributed by atoms with Crippen LogP contribution < -0.4 is 19.5 Å². The van der Waals surface area contributed by atoms with E-state index in [1.807, 2.05) is 25.1 Å². The second-order valence-corrected chi connectivity index (χ2v) is 7.81. The first kappa shape index (κ1) is 23.0. The third-order valence-electron chi connectivity index (χ3n) is 5.44. The van der Waals surface area contributed by atoms with Gasteiger partial charge in [-0.1, -0.05) is 6.07 Å². The number of nitrogens with one attached hydrogen (secondary N) is 1. The van der Waals surface area contributed by atoms with E-state index in [4.69, 9.17) is 13.9 Å². The number of benzene rings is 2. The van der Waals surface area contributed by atoms with Crippen molar-refractivity contribution < 1.29 is 31.8 Å². The number of oxazole rings is 1. The molecule has 0 saturated carbocycles. The largest absolute Gasteiger partial charge is 0.573 e. The topological polar surface area (TPSA) is 69.0 Å². The molecule has 0 amide bonds. The summed E-state index contributed by atoms with van der Waals surface area (Å²) in [6.07, 6.45) is -2.98. The number of hydrogen-bond acceptors (Lipinski definition) is 7. The van der Waals surface area contributed by atoms with Gasteiger partial charge in [-0.3, -0.25) is 4.90 Å². The number of hydrogen-bond donors (Lipinski definition) is 1. The Balaban J connectivity index is 1.32. The lowest BCUT2D eigenvalue weighted by Crippen LogP contribution is -2.38. The first-order chi connectivity index (χ1) is 15.8. The number of nitrogens with zero attached hydrogens (tertiary/aromatic N) is 2. The average molecular weight is 465 g/mol. The van der Waals surface area contributed by atoms with Crippen molar-refractivity contribution in [3.63, 3.8) is 0 Å². The summed E-state index contributed by atoms with van der Waals surface area (Å²) < 4.78 is 57.8. The maximum Gasteiger partial charge on any atom is 0.573 e. The van der Waals surface area contributed by atoms with Crippen LogP contribution in [-0.2, 0) is 6.54 Å². The summed E-state index contributed by atoms with van der Waals surface area (Å²) in [6, 6.07) is 10.3. The van der Waals surface area contributed by atoms with Crippen LogP contribution in [0.25, 0.3) is 11.1 Å². The fourth-order valence-corrected chi connectivity index (χ4v) is 3.92. The molecule has 3 aromatic rings. The molecule has 1 aliphatic rings. The number of aromatic nitrogens is 1. The van der Waals surface area contributed by atoms with Gasteiger partial charge in [0.25, 0.3) is 6.01 Å². The quantitative estimate of drug-likeness (QED) is 0.490. The van der Waals surface area contributed by atoms with Gasteiger partial charge in [0.1, 0.15) is 11.3 Å². The molecule has 1 aromatic heterocycles. The van der Waals surface area contributed by atoms with Gasteiger partial charge in [-0.2, -0.15) is 4.98 Å². The highest BCUT2D eigenvalue weighted by molar-refractivity contribution is 5.76. The van der Waals surface area contributed by atoms with Gasteiger partial charge in [-0.05, 0) is 49.6 Å². The van der Waals surface area contributed by atoms with Crippen LogP contribution in [0, 0.1) is 0 Å². The minimum absolute atomic E-state index is 0.162. The second-order valence-electron chi connectivity index (χ2n) is 7.81. The van der Waals surface area contributed by atoms with Crippen LogP contribution in [0.5, 0.6) is 17.2 Å². The second kappa shape index (κ2) is 9.78. The zero-order valence-electron chi connectivity index (χ0n) is 18.4. The predicted molar refractivity (Wildman–Crippen MR) is 117 cm³/mol. The Hall–Kier alpha value is -3.14. The SMILES string of the molecule is CCOc1cc(CN2CCC(Nc3nc4cc(OC(F)(F)F)ccc4o3)CC2)ccc1OC. The highest BCUT2D eigenvalue weighted by atomic mass is 19.4. The summed E-state index contributed by atoms with van der Waals surface area (Å²) in [5, 5.41) is 3.26. The van der Waals surface area contributed by atoms with E-state index in [0.29, 0.717) is 23.7 Å². The third kappa shape index (κ3) is 6.01. The van der Waals surface area contributed by atoms with Gasteiger partial charge in [0.2, 0.25) is 0 Å². The van der Waals surface area contributed by atoms with E-state index in [1.54, 1.807) is 7.11 Å². The summed E-state index contributed by atoms with van der Waals surface area (Å²) in [6.45, 7) is 5.09. The zero-order valence-corrected chi connectivity index (χ0v) is 18.4. The van der Waals surface area contributed by atoms with Crippen LogP contribution in [-0.4, -0.2) is 49.1 Å². The molecule has 1 N–H and O–H groups in total. The number of alkyl halides is 3. The van der Waals surface area contributed by atoms with Crippen molar-refractivity contribution in [3.8, 4) is 17.2 Å². The first-order valence-corrected chi connectivity index (χ1v) is 10.8. The van der Waals surface area contributed by atoms with Crippen LogP contribution in [0.2, 0.25) is 0 Å². The third-order valence-corrected chi connectivity index (χ3v) is 5.44. The fourth-order valence-electron chi connectivity index (χ4n) is 3.92. The highest BCUT2D eigenvalue weighted by Gasteiger charge is 2.31. The standard InChI is InChI=1S/C23H26F3N3O4/c1-3-31-21-12-15(4-6-20(21)30-2)14-29-10-8-16(9-11-29)27-22-28-18-13-17(33-23(24,25)26)5-7-19(18)32-22/h4-7,12-13,16H,3,8-11,14H2,1-2H3,(H,27,28). The Morgan fingerprint density at radius 3 is 2.61 bits per heavy atom. The lowest BCUT2D eigenvalue weighted by Gasteiger charge is -2.32. The zero-order chi connectivity index (χ0) is 23.4. The smallest absolute Gasteiger partial charge is 0.493 e. The summed E-state index contributed by atoms with van der Waals surface area (Å²) >= 11 is 0. The lowest BCUT2D eigenvalue weighted by molar-refractivity contribution is -0.274. The van der Waals surface area contributed by atoms with E-state index >= 15 is 0 Å². The normalized spacial score (nSPS) is 15.5. The maximum atomic E-state index is 12.4. The van der Waals surface area contributed by atoms with E-state index < -0.39 is 6.36 Å². The van der Waals surface area contributed by atoms with E-state index in [0.717, 1.165) is 49.5 Å². The van der Waals surface area contributed by atoms with Crippen molar-refractivity contribution in [2.24, 2.45) is 0 Å². The predicted octanol–water partition coefficient (Wildman–Crippen LogP) is 5.21. The molecular weight excluding hydrogens is 439 g/mol. The molecule has 2 aromatic carbocycles. The number of halogens is 3. The number of methoxy groups -OCH3 is 1. The van der Waals surface area contributed by atoms with Crippen LogP contribution in [0.4, 0.5) is 19.2 Å². The molecule has 2 heterocycles. The van der Waals surface area contributed by atoms with Gasteiger partial charge in [0.15, 0.2) is 17.1 Å². The van der Waals surface area contributed by atoms with Gasteiger partial charge in [-0.25, -0.2) is 0 Å². The molecule has 0 radical (unpaired) electrons. The number of likely N-dealkylation sites (tertiary alicyclic amines) is 1. The van der Waals surface area contributed by atoms with Crippen molar-refractivity contribution in [1.29, 1.82) is 0 Å². The van der Waals surface area contributed by atoms with Crippen LogP contribution in [0.15, 0.2) is 40.8 Å². The molecule has 1 fully saturated rings. The molecule has 1 aliphatic heterocycles. The minimum Gasteiger partial charge on any atom is -0.493 e. The van der Waals surface area contributed by atoms with E-state index in [9.17, 15) is 13.2 Å². The molecule has 33 heavy (non-hydrogen) atoms. The number of rotatable bonds is 8. The molecule has 0 spiro atoms. The van der Waals surface area contributed by atoms with Gasteiger partial charge >= 0.3 is 6.36 Å². The molecule has 10 heteroatoms. The van der Waals surface area contributed by atoms with Crippen molar-refractivity contribution in [2.75, 3.05) is 32.1 Å². The summed E-state index contributed by atoms with van der Waals surface area (Å²) in [5.41, 5.74) is 1.86. The van der Waals surface area contributed by atoms with Crippen LogP contribution >= 0.6 is 0 Å². The molecule has 0 bridgehead atoms. The summed E-state index contributed by atoms with van der Waals surface area (Å²) in [5.74, 6) is 1.14. The molecular formula is C23H26F3N3O4. The van der Waals surface area contributed by atoms with Gasteiger partial charge in [0.05, 0.1) is 13.7 Å². The number of piperidine rings is 1. The highest BCUT2D eigenvalue weighted by Crippen LogP contribution is 2.30. The van der Waals surface area contributed by atoms with Crippen LogP contribution in [0.1, 0.15) is 25.3 Å². The van der Waals surface area contributed by atoms with E-state index in [1.165, 1.54) is 18.2 Å². The summed E-state index contributed by atoms with van der Waals surface area (Å²) in [4.78, 5) is 6.63. The molecule has 178 valence electrons. The van der Waals surface area contributed by atoms with E-state index in [2.05, 4.69) is 19.9 Å². The fraction of sp³-hybridized carbons (Fsp3) is 0.435. The van der Waals surface area contributed by atoms with E-state index in [-0.39, 0.29) is 11.8 Å². The average Bonchev–Trinajstić information content (AvgIpc) is 3.16. The molecule has 7 nitrogen and oxygen atoms in total. The number of ether oxygens (including phenoxy) is 3. The van der Waals surface area contributed by atoms with Gasteiger partial charge in [0, 0.05) is 31.7 Å². The minimum atomic E-state index is -4.75. The van der Waals surface area contributed by atoms with Crippen molar-refractivity contribution in [3.05, 3.63) is 42.0 Å². The Labute approximate surface area is 189 Å². The maximum absolute atomic E-state index is 12.4. The Bertz CT molecular complexity index is 1080. The van der Waals surface area contributed by atoms with Crippen LogP contribution in [0.3, 0.4) is 0 Å². The molecule has 0 aliphatic carbocycles. The van der Waals surface area contributed by atoms with Gasteiger partial charge < -0.3 is 23.9 Å². The molecule has 0 atom stereocenters. The summed E-state index contributed by atoms with van der Waals surface area (Å²) in [7, 11) is 1.63. The Kier molecular flexibility index (Phi) is 6.83. The van der Waals surface area contributed by atoms with Crippen molar-refractivity contribution in [2.45, 2.75) is 38.7 Å². The Morgan fingerprint density at radius 1 is 1.12 bits per heavy atom. The number of anilines is 1. The van der Waals surface area contributed by atoms with Crippen molar-refractivity contribution in [1.82, 2.24) is 9.88 Å². The van der Waals surface area contributed by atoms with Gasteiger partial charge in [-0.15, -0.1) is 13.2 Å². The lowest BCUT2D eigenvalue weighted by atomic mass is 10.0. The number of fused-ring (bicyclic) bond motifs is 1. The first-order valence-electron chi connectivity index (χ1n) is 10.8. The molecule has 1 saturated heterocycles. The van der Waals surface area contributed by atoms with Crippen molar-refractivity contribution >= 4 is 17.1 Å². The molecule has 4 rings (SSSR count). The monoisotopic (exact) mass is 465 g/mol. The molecule has 0 unspecified atom stereocenters.